The fraction of sp³-hybridized carbons (Fsp3) is 0.333. The highest BCUT2D eigenvalue weighted by Crippen LogP contribution is 2.46. The second kappa shape index (κ2) is 6.36. The van der Waals surface area contributed by atoms with E-state index >= 15 is 0 Å². The maximum Gasteiger partial charge on any atom is 0.310 e. The number of ether oxygens (including phenoxy) is 1. The molecule has 0 saturated heterocycles. The van der Waals surface area contributed by atoms with Crippen LogP contribution in [0.15, 0.2) is 46.4 Å². The molecule has 1 atom stereocenters. The number of aliphatic imine (C=N–C) groups is 2. The molecule has 2 aromatic rings. The summed E-state index contributed by atoms with van der Waals surface area (Å²) in [6.07, 6.45) is 1.11. The highest BCUT2D eigenvalue weighted by Gasteiger charge is 2.56. The number of alkyl halides is 2. The van der Waals surface area contributed by atoms with Crippen LogP contribution in [0.5, 0.6) is 0 Å². The zero-order chi connectivity index (χ0) is 20.1. The Morgan fingerprint density at radius 2 is 1.89 bits per heavy atom. The summed E-state index contributed by atoms with van der Waals surface area (Å²) >= 11 is 0. The molecule has 0 radical (unpaired) electrons. The van der Waals surface area contributed by atoms with Gasteiger partial charge in [-0.2, -0.15) is 8.78 Å². The molecule has 2 heterocycles. The maximum absolute atomic E-state index is 14.8. The monoisotopic (exact) mass is 387 g/mol. The van der Waals surface area contributed by atoms with Crippen molar-refractivity contribution >= 4 is 17.4 Å². The highest BCUT2D eigenvalue weighted by molar-refractivity contribution is 5.95. The lowest BCUT2D eigenvalue weighted by molar-refractivity contribution is -0.117. The van der Waals surface area contributed by atoms with Crippen LogP contribution in [0.4, 0.5) is 18.9 Å². The average molecular weight is 387 g/mol. The maximum atomic E-state index is 14.8. The van der Waals surface area contributed by atoms with Gasteiger partial charge >= 0.3 is 5.92 Å². The van der Waals surface area contributed by atoms with Gasteiger partial charge in [0, 0.05) is 24.1 Å². The number of hydrogen-bond acceptors (Lipinski definition) is 4. The number of fused-ring (bicyclic) bond motifs is 1. The van der Waals surface area contributed by atoms with Crippen LogP contribution in [0.2, 0.25) is 0 Å². The second-order valence-corrected chi connectivity index (χ2v) is 7.49. The lowest BCUT2D eigenvalue weighted by Crippen LogP contribution is -2.51. The minimum atomic E-state index is -3.40. The largest absolute Gasteiger partial charge is 0.459 e. The Bertz CT molecular complexity index is 999. The van der Waals surface area contributed by atoms with Crippen LogP contribution >= 0.6 is 0 Å². The van der Waals surface area contributed by atoms with E-state index in [0.29, 0.717) is 24.1 Å². The third-order valence-corrected chi connectivity index (χ3v) is 5.34. The molecule has 4 nitrogen and oxygen atoms in total. The number of aryl methyl sites for hydroxylation is 1. The van der Waals surface area contributed by atoms with Crippen molar-refractivity contribution in [1.82, 2.24) is 0 Å². The summed E-state index contributed by atoms with van der Waals surface area (Å²) in [6, 6.07) is 10.3. The summed E-state index contributed by atoms with van der Waals surface area (Å²) in [4.78, 5) is 8.31. The predicted octanol–water partition coefficient (Wildman–Crippen LogP) is 4.20. The fourth-order valence-corrected chi connectivity index (χ4v) is 3.59. The normalized spacial score (nSPS) is 22.9. The molecule has 1 unspecified atom stereocenters. The molecule has 0 bridgehead atoms. The average Bonchev–Trinajstić information content (AvgIpc) is 3.01. The molecule has 2 aliphatic heterocycles. The van der Waals surface area contributed by atoms with E-state index in [-0.39, 0.29) is 11.6 Å². The van der Waals surface area contributed by atoms with Gasteiger partial charge in [0.25, 0.3) is 6.02 Å². The van der Waals surface area contributed by atoms with E-state index in [1.54, 1.807) is 0 Å². The van der Waals surface area contributed by atoms with Crippen molar-refractivity contribution in [1.29, 1.82) is 0 Å². The van der Waals surface area contributed by atoms with E-state index in [9.17, 15) is 13.2 Å². The molecule has 2 aromatic carbocycles. The van der Waals surface area contributed by atoms with Crippen LogP contribution in [-0.4, -0.2) is 24.3 Å². The van der Waals surface area contributed by atoms with Crippen molar-refractivity contribution in [2.75, 3.05) is 6.61 Å². The number of rotatable bonds is 3. The Hall–Kier alpha value is -2.83. The first kappa shape index (κ1) is 18.5. The van der Waals surface area contributed by atoms with Crippen LogP contribution in [0.25, 0.3) is 0 Å². The minimum Gasteiger partial charge on any atom is -0.459 e. The Kier molecular flexibility index (Phi) is 4.21. The minimum absolute atomic E-state index is 0.233. The van der Waals surface area contributed by atoms with E-state index in [2.05, 4.69) is 14.7 Å². The van der Waals surface area contributed by atoms with E-state index in [1.807, 2.05) is 31.2 Å². The van der Waals surface area contributed by atoms with Crippen molar-refractivity contribution in [2.24, 2.45) is 15.7 Å². The number of benzene rings is 2. The van der Waals surface area contributed by atoms with Crippen LogP contribution in [0.3, 0.4) is 0 Å². The summed E-state index contributed by atoms with van der Waals surface area (Å²) in [5.41, 5.74) is 7.41. The Morgan fingerprint density at radius 3 is 2.61 bits per heavy atom. The topological polar surface area (TPSA) is 60.0 Å². The van der Waals surface area contributed by atoms with Gasteiger partial charge in [-0.15, -0.1) is 0 Å². The molecular formula is C21H20F3N3O. The summed E-state index contributed by atoms with van der Waals surface area (Å²) < 4.78 is 48.6. The molecule has 2 aliphatic rings. The third kappa shape index (κ3) is 3.04. The quantitative estimate of drug-likeness (QED) is 0.858. The van der Waals surface area contributed by atoms with Gasteiger partial charge in [-0.05, 0) is 37.1 Å². The lowest BCUT2D eigenvalue weighted by atomic mass is 9.84. The van der Waals surface area contributed by atoms with Crippen molar-refractivity contribution in [3.63, 3.8) is 0 Å². The highest BCUT2D eigenvalue weighted by atomic mass is 19.3. The molecule has 0 aliphatic carbocycles. The van der Waals surface area contributed by atoms with E-state index in [4.69, 9.17) is 5.73 Å². The number of halogens is 3. The number of nitrogens with two attached hydrogens (primary N) is 1. The summed E-state index contributed by atoms with van der Waals surface area (Å²) in [5, 5.41) is 0. The van der Waals surface area contributed by atoms with E-state index in [1.165, 1.54) is 19.1 Å². The molecule has 7 heteroatoms. The van der Waals surface area contributed by atoms with Gasteiger partial charge < -0.3 is 10.5 Å². The van der Waals surface area contributed by atoms with Gasteiger partial charge in [-0.1, -0.05) is 29.8 Å². The van der Waals surface area contributed by atoms with Crippen LogP contribution in [-0.2, 0) is 23.1 Å². The smallest absolute Gasteiger partial charge is 0.310 e. The molecule has 0 aromatic heterocycles. The molecule has 4 rings (SSSR count). The zero-order valence-electron chi connectivity index (χ0n) is 15.6. The summed E-state index contributed by atoms with van der Waals surface area (Å²) in [5.74, 6) is -4.15. The van der Waals surface area contributed by atoms with Crippen molar-refractivity contribution in [2.45, 2.75) is 38.2 Å². The molecule has 146 valence electrons. The number of nitrogens with zero attached hydrogens (tertiary/aromatic N) is 2. The molecule has 0 amide bonds. The Balaban J connectivity index is 1.69. The Labute approximate surface area is 161 Å². The van der Waals surface area contributed by atoms with Crippen molar-refractivity contribution < 1.29 is 17.9 Å². The van der Waals surface area contributed by atoms with Gasteiger partial charge in [0.2, 0.25) is 0 Å². The molecular weight excluding hydrogens is 367 g/mol. The first-order valence-corrected chi connectivity index (χ1v) is 8.99. The molecule has 0 saturated carbocycles. The number of hydrogen-bond donors (Lipinski definition) is 1. The van der Waals surface area contributed by atoms with Gasteiger partial charge in [-0.25, -0.2) is 9.38 Å². The van der Waals surface area contributed by atoms with Crippen LogP contribution in [0.1, 0.15) is 29.2 Å². The zero-order valence-corrected chi connectivity index (χ0v) is 15.6. The second-order valence-electron chi connectivity index (χ2n) is 7.49. The first-order valence-electron chi connectivity index (χ1n) is 8.99. The van der Waals surface area contributed by atoms with E-state index in [0.717, 1.165) is 16.8 Å². The van der Waals surface area contributed by atoms with Gasteiger partial charge in [-0.3, -0.25) is 4.99 Å². The fourth-order valence-electron chi connectivity index (χ4n) is 3.59. The molecule has 28 heavy (non-hydrogen) atoms. The third-order valence-electron chi connectivity index (χ3n) is 5.34. The Morgan fingerprint density at radius 1 is 1.18 bits per heavy atom. The summed E-state index contributed by atoms with van der Waals surface area (Å²) in [7, 11) is 0. The molecule has 0 fully saturated rings. The first-order chi connectivity index (χ1) is 13.2. The molecule has 0 spiro atoms. The van der Waals surface area contributed by atoms with Gasteiger partial charge in [0.05, 0.1) is 5.69 Å². The SMILES string of the molecule is Cc1ccc(CC2=Nc3cc(C4(C)N=C(N)OCC4(F)F)c(F)cc3C2)cc1. The number of amidine groups is 1. The lowest BCUT2D eigenvalue weighted by Gasteiger charge is -2.37. The summed E-state index contributed by atoms with van der Waals surface area (Å²) in [6.45, 7) is 2.23. The van der Waals surface area contributed by atoms with E-state index < -0.39 is 23.9 Å². The predicted molar refractivity (Wildman–Crippen MR) is 102 cm³/mol. The van der Waals surface area contributed by atoms with Crippen molar-refractivity contribution in [3.8, 4) is 0 Å². The standard InChI is InChI=1S/C21H20F3N3O/c1-12-3-5-13(6-4-12)7-15-8-14-9-17(22)16(10-18(14)26-15)20(2)21(23,24)11-28-19(25)27-20/h3-6,9-10H,7-8,11H2,1-2H3,(H2,25,27). The van der Waals surface area contributed by atoms with Crippen LogP contribution < -0.4 is 5.73 Å². The van der Waals surface area contributed by atoms with Gasteiger partial charge in [0.15, 0.2) is 12.1 Å². The van der Waals surface area contributed by atoms with Crippen molar-refractivity contribution in [3.05, 3.63) is 64.5 Å². The van der Waals surface area contributed by atoms with Gasteiger partial charge in [0.1, 0.15) is 5.82 Å². The van der Waals surface area contributed by atoms with Crippen LogP contribution in [0, 0.1) is 12.7 Å². The molecule has 2 N–H and O–H groups in total.